The number of allylic oxidation sites excluding steroid dienone is 1. The maximum Gasteiger partial charge on any atom is 0.167 e. The molecule has 5 heteroatoms. The Morgan fingerprint density at radius 3 is 2.54 bits per heavy atom. The standard InChI is InChI=1S/C21H20F2N2S/c1-21(2)12-24-20-25(13-21)18(11-26-20)19(14-6-8-16(22)9-7-14)15-4-3-5-17(23)10-15/h3-11,19H,12-13H2,1-2H3. The molecule has 0 saturated heterocycles. The Bertz CT molecular complexity index is 887. The molecule has 2 aliphatic rings. The zero-order valence-electron chi connectivity index (χ0n) is 14.7. The van der Waals surface area contributed by atoms with Crippen molar-refractivity contribution in [1.82, 2.24) is 4.90 Å². The van der Waals surface area contributed by atoms with Crippen molar-refractivity contribution in [2.75, 3.05) is 13.1 Å². The van der Waals surface area contributed by atoms with E-state index in [4.69, 9.17) is 4.99 Å². The summed E-state index contributed by atoms with van der Waals surface area (Å²) in [5.41, 5.74) is 2.93. The van der Waals surface area contributed by atoms with Gasteiger partial charge in [0.05, 0.1) is 0 Å². The predicted octanol–water partition coefficient (Wildman–Crippen LogP) is 5.38. The van der Waals surface area contributed by atoms with E-state index in [9.17, 15) is 8.78 Å². The molecule has 1 atom stereocenters. The van der Waals surface area contributed by atoms with Gasteiger partial charge in [-0.15, -0.1) is 0 Å². The fourth-order valence-electron chi connectivity index (χ4n) is 3.49. The van der Waals surface area contributed by atoms with E-state index in [1.807, 2.05) is 6.07 Å². The third-order valence-electron chi connectivity index (χ3n) is 4.74. The molecule has 2 aromatic carbocycles. The molecule has 2 nitrogen and oxygen atoms in total. The van der Waals surface area contributed by atoms with Crippen LogP contribution in [0, 0.1) is 17.0 Å². The normalized spacial score (nSPS) is 19.6. The van der Waals surface area contributed by atoms with Crippen molar-refractivity contribution in [2.24, 2.45) is 10.4 Å². The molecule has 134 valence electrons. The van der Waals surface area contributed by atoms with Crippen LogP contribution in [0.4, 0.5) is 8.78 Å². The van der Waals surface area contributed by atoms with Crippen LogP contribution in [0.3, 0.4) is 0 Å². The van der Waals surface area contributed by atoms with Gasteiger partial charge in [0.15, 0.2) is 5.17 Å². The Morgan fingerprint density at radius 1 is 1.04 bits per heavy atom. The average molecular weight is 370 g/mol. The molecular formula is C21H20F2N2S. The lowest BCUT2D eigenvalue weighted by molar-refractivity contribution is 0.271. The largest absolute Gasteiger partial charge is 0.323 e. The first kappa shape index (κ1) is 17.3. The summed E-state index contributed by atoms with van der Waals surface area (Å²) in [7, 11) is 0. The minimum absolute atomic E-state index is 0.0722. The number of fused-ring (bicyclic) bond motifs is 1. The van der Waals surface area contributed by atoms with Gasteiger partial charge < -0.3 is 4.90 Å². The van der Waals surface area contributed by atoms with Gasteiger partial charge in [0.2, 0.25) is 0 Å². The van der Waals surface area contributed by atoms with Gasteiger partial charge in [-0.3, -0.25) is 4.99 Å². The van der Waals surface area contributed by atoms with Gasteiger partial charge in [0.1, 0.15) is 11.6 Å². The monoisotopic (exact) mass is 370 g/mol. The molecule has 2 aromatic rings. The van der Waals surface area contributed by atoms with E-state index >= 15 is 0 Å². The number of benzene rings is 2. The quantitative estimate of drug-likeness (QED) is 0.721. The summed E-state index contributed by atoms with van der Waals surface area (Å²) >= 11 is 1.61. The van der Waals surface area contributed by atoms with Crippen LogP contribution in [0.1, 0.15) is 30.9 Å². The number of halogens is 2. The average Bonchev–Trinajstić information content (AvgIpc) is 2.99. The van der Waals surface area contributed by atoms with Crippen molar-refractivity contribution in [1.29, 1.82) is 0 Å². The van der Waals surface area contributed by atoms with Gasteiger partial charge in [0, 0.05) is 30.1 Å². The predicted molar refractivity (Wildman–Crippen MR) is 103 cm³/mol. The zero-order chi connectivity index (χ0) is 18.3. The van der Waals surface area contributed by atoms with Crippen LogP contribution in [0.25, 0.3) is 0 Å². The molecule has 0 bridgehead atoms. The van der Waals surface area contributed by atoms with Crippen molar-refractivity contribution in [3.8, 4) is 0 Å². The van der Waals surface area contributed by atoms with Crippen LogP contribution in [-0.4, -0.2) is 23.2 Å². The molecule has 0 aromatic heterocycles. The summed E-state index contributed by atoms with van der Waals surface area (Å²) in [6.07, 6.45) is 0. The van der Waals surface area contributed by atoms with Gasteiger partial charge in [-0.2, -0.15) is 0 Å². The number of nitrogens with zero attached hydrogens (tertiary/aromatic N) is 2. The highest BCUT2D eigenvalue weighted by molar-refractivity contribution is 8.16. The van der Waals surface area contributed by atoms with E-state index in [2.05, 4.69) is 24.2 Å². The van der Waals surface area contributed by atoms with Crippen LogP contribution in [0.5, 0.6) is 0 Å². The zero-order valence-corrected chi connectivity index (χ0v) is 15.6. The van der Waals surface area contributed by atoms with E-state index < -0.39 is 0 Å². The van der Waals surface area contributed by atoms with E-state index in [1.54, 1.807) is 36.0 Å². The van der Waals surface area contributed by atoms with Crippen LogP contribution in [0.2, 0.25) is 0 Å². The number of hydrogen-bond acceptors (Lipinski definition) is 3. The second-order valence-electron chi connectivity index (χ2n) is 7.55. The molecule has 2 aliphatic heterocycles. The first-order valence-corrected chi connectivity index (χ1v) is 9.51. The SMILES string of the molecule is CC1(C)CN=C2SC=C(C(c3ccc(F)cc3)c3cccc(F)c3)N2C1. The molecule has 0 aliphatic carbocycles. The summed E-state index contributed by atoms with van der Waals surface area (Å²) in [5, 5.41) is 3.09. The van der Waals surface area contributed by atoms with Gasteiger partial charge in [0.25, 0.3) is 0 Å². The molecule has 2 heterocycles. The second-order valence-corrected chi connectivity index (χ2v) is 8.39. The van der Waals surface area contributed by atoms with Crippen LogP contribution < -0.4 is 0 Å². The molecule has 0 spiro atoms. The third kappa shape index (κ3) is 3.28. The van der Waals surface area contributed by atoms with E-state index in [-0.39, 0.29) is 23.0 Å². The lowest BCUT2D eigenvalue weighted by Crippen LogP contribution is -2.42. The highest BCUT2D eigenvalue weighted by Crippen LogP contribution is 2.43. The van der Waals surface area contributed by atoms with Crippen LogP contribution in [-0.2, 0) is 0 Å². The molecule has 0 radical (unpaired) electrons. The third-order valence-corrected chi connectivity index (χ3v) is 5.66. The van der Waals surface area contributed by atoms with Crippen molar-refractivity contribution < 1.29 is 8.78 Å². The molecule has 0 amide bonds. The van der Waals surface area contributed by atoms with Gasteiger partial charge in [-0.05, 0) is 40.8 Å². The van der Waals surface area contributed by atoms with E-state index in [0.717, 1.165) is 35.1 Å². The van der Waals surface area contributed by atoms with E-state index in [1.165, 1.54) is 18.2 Å². The summed E-state index contributed by atoms with van der Waals surface area (Å²) < 4.78 is 27.4. The van der Waals surface area contributed by atoms with Crippen molar-refractivity contribution in [2.45, 2.75) is 19.8 Å². The van der Waals surface area contributed by atoms with Crippen molar-refractivity contribution >= 4 is 16.9 Å². The lowest BCUT2D eigenvalue weighted by atomic mass is 9.86. The van der Waals surface area contributed by atoms with E-state index in [0.29, 0.717) is 0 Å². The van der Waals surface area contributed by atoms with Crippen molar-refractivity contribution in [3.05, 3.63) is 82.4 Å². The Morgan fingerprint density at radius 2 is 1.81 bits per heavy atom. The highest BCUT2D eigenvalue weighted by atomic mass is 32.2. The smallest absolute Gasteiger partial charge is 0.167 e. The Labute approximate surface area is 156 Å². The molecule has 0 fully saturated rings. The number of aliphatic imine (C=N–C) groups is 1. The summed E-state index contributed by atoms with van der Waals surface area (Å²) in [6, 6.07) is 13.1. The van der Waals surface area contributed by atoms with Crippen molar-refractivity contribution in [3.63, 3.8) is 0 Å². The fraction of sp³-hybridized carbons (Fsp3) is 0.286. The molecule has 4 rings (SSSR count). The number of hydrogen-bond donors (Lipinski definition) is 0. The molecular weight excluding hydrogens is 350 g/mol. The maximum absolute atomic E-state index is 13.9. The lowest BCUT2D eigenvalue weighted by Gasteiger charge is -2.38. The molecule has 1 unspecified atom stereocenters. The summed E-state index contributed by atoms with van der Waals surface area (Å²) in [6.45, 7) is 6.05. The summed E-state index contributed by atoms with van der Waals surface area (Å²) in [5.74, 6) is -0.711. The molecule has 0 N–H and O–H groups in total. The Balaban J connectivity index is 1.80. The van der Waals surface area contributed by atoms with Crippen LogP contribution >= 0.6 is 11.8 Å². The minimum Gasteiger partial charge on any atom is -0.323 e. The fourth-order valence-corrected chi connectivity index (χ4v) is 4.42. The second kappa shape index (κ2) is 6.54. The molecule has 0 saturated carbocycles. The number of thioether (sulfide) groups is 1. The Kier molecular flexibility index (Phi) is 4.35. The summed E-state index contributed by atoms with van der Waals surface area (Å²) in [4.78, 5) is 6.94. The van der Waals surface area contributed by atoms with Gasteiger partial charge in [-0.25, -0.2) is 8.78 Å². The van der Waals surface area contributed by atoms with Gasteiger partial charge in [-0.1, -0.05) is 49.9 Å². The Hall–Kier alpha value is -2.14. The first-order valence-electron chi connectivity index (χ1n) is 8.63. The van der Waals surface area contributed by atoms with Gasteiger partial charge >= 0.3 is 0 Å². The maximum atomic E-state index is 13.9. The number of amidine groups is 1. The minimum atomic E-state index is -0.275. The molecule has 26 heavy (non-hydrogen) atoms. The number of rotatable bonds is 3. The highest BCUT2D eigenvalue weighted by Gasteiger charge is 2.37. The first-order chi connectivity index (χ1) is 12.4. The topological polar surface area (TPSA) is 15.6 Å². The van der Waals surface area contributed by atoms with Crippen LogP contribution in [0.15, 0.2) is 64.6 Å².